The Morgan fingerprint density at radius 1 is 1.20 bits per heavy atom. The van der Waals surface area contributed by atoms with E-state index in [1.807, 2.05) is 66.7 Å². The lowest BCUT2D eigenvalue weighted by Crippen LogP contribution is -2.58. The van der Waals surface area contributed by atoms with Gasteiger partial charge in [-0.1, -0.05) is 40.7 Å². The molecule has 0 aliphatic carbocycles. The molecular weight excluding hydrogens is 466 g/mol. The minimum absolute atomic E-state index is 0.149. The molecule has 0 unspecified atom stereocenters. The molecular formula is C26H41N3O5S. The van der Waals surface area contributed by atoms with E-state index in [-0.39, 0.29) is 30.3 Å². The first-order valence-corrected chi connectivity index (χ1v) is 14.3. The zero-order chi connectivity index (χ0) is 26.3. The SMILES string of the molecule is CC[C@@H](C)C(=O)N[C@H](C(=O)N1CC[C@@H]2[C@H]1[C@@H](Oc1ccc(C)c(C)c1)CN2S(C)(=O)=O)C(C)(C)C. The molecule has 2 fully saturated rings. The van der Waals surface area contributed by atoms with Crippen molar-refractivity contribution < 1.29 is 22.7 Å². The third kappa shape index (κ3) is 5.82. The van der Waals surface area contributed by atoms with Crippen LogP contribution in [0.4, 0.5) is 0 Å². The second-order valence-corrected chi connectivity index (χ2v) is 13.2. The maximum atomic E-state index is 13.9. The van der Waals surface area contributed by atoms with Crippen LogP contribution in [0.2, 0.25) is 0 Å². The summed E-state index contributed by atoms with van der Waals surface area (Å²) in [6, 6.07) is 4.30. The third-order valence-electron chi connectivity index (χ3n) is 7.47. The normalized spacial score (nSPS) is 24.7. The number of carbonyl (C=O) groups excluding carboxylic acids is 2. The Morgan fingerprint density at radius 3 is 2.40 bits per heavy atom. The summed E-state index contributed by atoms with van der Waals surface area (Å²) in [5.41, 5.74) is 1.71. The first-order valence-electron chi connectivity index (χ1n) is 12.5. The number of nitrogens with one attached hydrogen (secondary N) is 1. The van der Waals surface area contributed by atoms with Gasteiger partial charge in [0.2, 0.25) is 21.8 Å². The van der Waals surface area contributed by atoms with E-state index in [1.54, 1.807) is 4.90 Å². The standard InChI is InChI=1S/C26H41N3O5S/c1-9-16(2)24(30)27-23(26(5,6)7)25(31)28-13-12-20-22(28)21(15-29(20)35(8,32)33)34-19-11-10-17(3)18(4)14-19/h10-11,14,16,20-23H,9,12-13,15H2,1-8H3,(H,27,30)/t16-,20-,21+,22+,23-/m1/s1. The van der Waals surface area contributed by atoms with E-state index in [0.29, 0.717) is 25.1 Å². The minimum atomic E-state index is -3.48. The number of ether oxygens (including phenoxy) is 1. The fraction of sp³-hybridized carbons (Fsp3) is 0.692. The van der Waals surface area contributed by atoms with Crippen LogP contribution in [-0.4, -0.2) is 73.0 Å². The van der Waals surface area contributed by atoms with Crippen LogP contribution in [-0.2, 0) is 19.6 Å². The van der Waals surface area contributed by atoms with Crippen molar-refractivity contribution in [2.45, 2.75) is 85.5 Å². The van der Waals surface area contributed by atoms with E-state index in [4.69, 9.17) is 4.74 Å². The highest BCUT2D eigenvalue weighted by Crippen LogP contribution is 2.37. The Hall–Kier alpha value is -2.13. The number of sulfonamides is 1. The molecule has 1 aromatic carbocycles. The lowest BCUT2D eigenvalue weighted by molar-refractivity contribution is -0.142. The number of benzene rings is 1. The summed E-state index contributed by atoms with van der Waals surface area (Å²) in [5.74, 6) is 0.116. The fourth-order valence-corrected chi connectivity index (χ4v) is 6.11. The molecule has 2 saturated heterocycles. The Bertz CT molecular complexity index is 1070. The fourth-order valence-electron chi connectivity index (χ4n) is 4.97. The van der Waals surface area contributed by atoms with Crippen molar-refractivity contribution in [1.82, 2.24) is 14.5 Å². The quantitative estimate of drug-likeness (QED) is 0.612. The summed E-state index contributed by atoms with van der Waals surface area (Å²) >= 11 is 0. The minimum Gasteiger partial charge on any atom is -0.487 e. The van der Waals surface area contributed by atoms with Crippen molar-refractivity contribution in [3.05, 3.63) is 29.3 Å². The van der Waals surface area contributed by atoms with Gasteiger partial charge in [0.05, 0.1) is 24.9 Å². The van der Waals surface area contributed by atoms with Crippen molar-refractivity contribution >= 4 is 21.8 Å². The van der Waals surface area contributed by atoms with Crippen LogP contribution in [0.15, 0.2) is 18.2 Å². The highest BCUT2D eigenvalue weighted by Gasteiger charge is 2.55. The maximum absolute atomic E-state index is 13.9. The van der Waals surface area contributed by atoms with Gasteiger partial charge in [-0.15, -0.1) is 0 Å². The second kappa shape index (κ2) is 10.1. The van der Waals surface area contributed by atoms with Crippen molar-refractivity contribution in [1.29, 1.82) is 0 Å². The number of carbonyl (C=O) groups is 2. The summed E-state index contributed by atoms with van der Waals surface area (Å²) in [4.78, 5) is 28.4. The average molecular weight is 508 g/mol. The van der Waals surface area contributed by atoms with Gasteiger partial charge in [-0.25, -0.2) is 8.42 Å². The van der Waals surface area contributed by atoms with Crippen molar-refractivity contribution in [3.8, 4) is 5.75 Å². The lowest BCUT2D eigenvalue weighted by Gasteiger charge is -2.37. The molecule has 0 saturated carbocycles. The lowest BCUT2D eigenvalue weighted by atomic mass is 9.85. The molecule has 8 nitrogen and oxygen atoms in total. The summed E-state index contributed by atoms with van der Waals surface area (Å²) in [6.07, 6.45) is 1.92. The molecule has 3 rings (SSSR count). The van der Waals surface area contributed by atoms with Crippen molar-refractivity contribution in [2.75, 3.05) is 19.3 Å². The predicted molar refractivity (Wildman–Crippen MR) is 137 cm³/mol. The van der Waals surface area contributed by atoms with Crippen LogP contribution in [0.5, 0.6) is 5.75 Å². The van der Waals surface area contributed by atoms with Gasteiger partial charge in [0.1, 0.15) is 17.9 Å². The van der Waals surface area contributed by atoms with E-state index in [2.05, 4.69) is 5.32 Å². The molecule has 1 N–H and O–H groups in total. The van der Waals surface area contributed by atoms with Crippen LogP contribution in [0.25, 0.3) is 0 Å². The van der Waals surface area contributed by atoms with Crippen LogP contribution in [0, 0.1) is 25.2 Å². The Kier molecular flexibility index (Phi) is 7.91. The van der Waals surface area contributed by atoms with E-state index >= 15 is 0 Å². The van der Waals surface area contributed by atoms with Gasteiger partial charge in [-0.05, 0) is 55.4 Å². The van der Waals surface area contributed by atoms with Crippen molar-refractivity contribution in [2.24, 2.45) is 11.3 Å². The average Bonchev–Trinajstić information content (AvgIpc) is 3.33. The molecule has 2 aliphatic rings. The largest absolute Gasteiger partial charge is 0.487 e. The predicted octanol–water partition coefficient (Wildman–Crippen LogP) is 2.87. The van der Waals surface area contributed by atoms with Gasteiger partial charge in [0.25, 0.3) is 0 Å². The van der Waals surface area contributed by atoms with Gasteiger partial charge >= 0.3 is 0 Å². The summed E-state index contributed by atoms with van der Waals surface area (Å²) in [7, 11) is -3.48. The first-order chi connectivity index (χ1) is 16.1. The highest BCUT2D eigenvalue weighted by atomic mass is 32.2. The summed E-state index contributed by atoms with van der Waals surface area (Å²) in [5, 5.41) is 2.98. The Balaban J connectivity index is 1.93. The molecule has 35 heavy (non-hydrogen) atoms. The highest BCUT2D eigenvalue weighted by molar-refractivity contribution is 7.88. The monoisotopic (exact) mass is 507 g/mol. The number of rotatable bonds is 7. The molecule has 196 valence electrons. The summed E-state index contributed by atoms with van der Waals surface area (Å²) in [6.45, 7) is 14.2. The first kappa shape index (κ1) is 27.5. The Morgan fingerprint density at radius 2 is 1.86 bits per heavy atom. The third-order valence-corrected chi connectivity index (χ3v) is 8.74. The molecule has 2 aliphatic heterocycles. The molecule has 1 aromatic rings. The van der Waals surface area contributed by atoms with E-state index in [9.17, 15) is 18.0 Å². The van der Waals surface area contributed by atoms with Gasteiger partial charge in [0.15, 0.2) is 0 Å². The van der Waals surface area contributed by atoms with E-state index in [0.717, 1.165) is 11.1 Å². The number of amides is 2. The van der Waals surface area contributed by atoms with Crippen LogP contribution in [0.1, 0.15) is 58.6 Å². The molecule has 0 radical (unpaired) electrons. The zero-order valence-corrected chi connectivity index (χ0v) is 23.1. The smallest absolute Gasteiger partial charge is 0.246 e. The van der Waals surface area contributed by atoms with Gasteiger partial charge in [0, 0.05) is 12.5 Å². The topological polar surface area (TPSA) is 96.0 Å². The van der Waals surface area contributed by atoms with Crippen LogP contribution in [0.3, 0.4) is 0 Å². The molecule has 2 heterocycles. The molecule has 2 amide bonds. The van der Waals surface area contributed by atoms with E-state index in [1.165, 1.54) is 10.6 Å². The second-order valence-electron chi connectivity index (χ2n) is 11.2. The number of aryl methyl sites for hydroxylation is 2. The molecule has 9 heteroatoms. The van der Waals surface area contributed by atoms with Crippen LogP contribution < -0.4 is 10.1 Å². The van der Waals surface area contributed by atoms with E-state index < -0.39 is 33.6 Å². The van der Waals surface area contributed by atoms with Crippen molar-refractivity contribution in [3.63, 3.8) is 0 Å². The zero-order valence-electron chi connectivity index (χ0n) is 22.3. The number of nitrogens with zero attached hydrogens (tertiary/aromatic N) is 2. The number of likely N-dealkylation sites (tertiary alicyclic amines) is 1. The molecule has 0 spiro atoms. The number of hydrogen-bond acceptors (Lipinski definition) is 5. The molecule has 0 aromatic heterocycles. The Labute approximate surface area is 210 Å². The number of fused-ring (bicyclic) bond motifs is 1. The van der Waals surface area contributed by atoms with Gasteiger partial charge in [-0.3, -0.25) is 9.59 Å². The van der Waals surface area contributed by atoms with Crippen LogP contribution >= 0.6 is 0 Å². The molecule has 5 atom stereocenters. The number of hydrogen-bond donors (Lipinski definition) is 1. The van der Waals surface area contributed by atoms with Gasteiger partial charge < -0.3 is 15.0 Å². The summed E-state index contributed by atoms with van der Waals surface area (Å²) < 4.78 is 33.0. The van der Waals surface area contributed by atoms with Gasteiger partial charge in [-0.2, -0.15) is 4.31 Å². The molecule has 0 bridgehead atoms. The maximum Gasteiger partial charge on any atom is 0.246 e.